The summed E-state index contributed by atoms with van der Waals surface area (Å²) in [5.74, 6) is -0.328. The van der Waals surface area contributed by atoms with E-state index in [9.17, 15) is 14.0 Å². The summed E-state index contributed by atoms with van der Waals surface area (Å²) < 4.78 is 13.2. The quantitative estimate of drug-likeness (QED) is 0.673. The molecule has 0 spiro atoms. The van der Waals surface area contributed by atoms with Gasteiger partial charge < -0.3 is 5.73 Å². The first-order chi connectivity index (χ1) is 12.5. The summed E-state index contributed by atoms with van der Waals surface area (Å²) in [7, 11) is 0. The van der Waals surface area contributed by atoms with Gasteiger partial charge in [0.2, 0.25) is 5.91 Å². The molecule has 8 heteroatoms. The van der Waals surface area contributed by atoms with E-state index >= 15 is 0 Å². The van der Waals surface area contributed by atoms with Gasteiger partial charge in [-0.15, -0.1) is 22.0 Å². The number of fused-ring (bicyclic) bond motifs is 1. The molecule has 0 unspecified atom stereocenters. The number of nitrogens with zero attached hydrogens (tertiary/aromatic N) is 2. The molecule has 132 valence electrons. The fourth-order valence-corrected chi connectivity index (χ4v) is 3.36. The molecule has 3 rings (SSSR count). The molecule has 3 N–H and O–H groups in total. The lowest BCUT2D eigenvalue weighted by Gasteiger charge is -2.09. The zero-order valence-corrected chi connectivity index (χ0v) is 14.4. The van der Waals surface area contributed by atoms with Gasteiger partial charge in [0.25, 0.3) is 0 Å². The van der Waals surface area contributed by atoms with Crippen LogP contribution in [-0.4, -0.2) is 27.9 Å². The first-order valence-corrected chi connectivity index (χ1v) is 8.76. The highest BCUT2D eigenvalue weighted by molar-refractivity contribution is 7.99. The first-order valence-electron chi connectivity index (χ1n) is 7.78. The van der Waals surface area contributed by atoms with Crippen LogP contribution < -0.4 is 11.1 Å². The summed E-state index contributed by atoms with van der Waals surface area (Å²) in [6, 6.07) is 12.8. The van der Waals surface area contributed by atoms with E-state index in [1.54, 1.807) is 12.1 Å². The summed E-state index contributed by atoms with van der Waals surface area (Å²) in [6.07, 6.45) is 0.128. The Morgan fingerprint density at radius 1 is 1.04 bits per heavy atom. The maximum atomic E-state index is 13.2. The molecule has 6 nitrogen and oxygen atoms in total. The number of hydrogen-bond acceptors (Lipinski definition) is 5. The van der Waals surface area contributed by atoms with Gasteiger partial charge in [-0.25, -0.2) is 9.18 Å². The molecule has 1 heterocycles. The van der Waals surface area contributed by atoms with Gasteiger partial charge >= 0.3 is 6.03 Å². The van der Waals surface area contributed by atoms with Crippen molar-refractivity contribution < 1.29 is 14.0 Å². The van der Waals surface area contributed by atoms with E-state index in [0.717, 1.165) is 16.3 Å². The fourth-order valence-electron chi connectivity index (χ4n) is 2.45. The second-order valence-electron chi connectivity index (χ2n) is 5.42. The Labute approximate surface area is 153 Å². The van der Waals surface area contributed by atoms with E-state index in [1.165, 1.54) is 23.9 Å². The minimum Gasteiger partial charge on any atom is -0.351 e. The van der Waals surface area contributed by atoms with Gasteiger partial charge in [-0.05, 0) is 24.3 Å². The summed E-state index contributed by atoms with van der Waals surface area (Å²) in [6.45, 7) is 0. The topological polar surface area (TPSA) is 98.0 Å². The number of carbonyl (C=O) groups excluding carboxylic acids is 2. The van der Waals surface area contributed by atoms with Gasteiger partial charge in [-0.1, -0.05) is 24.3 Å². The Kier molecular flexibility index (Phi) is 5.43. The number of nitrogens with two attached hydrogens (primary N) is 1. The molecular formula is C18H15FN4O2S. The van der Waals surface area contributed by atoms with Crippen LogP contribution >= 0.6 is 11.8 Å². The fraction of sp³-hybridized carbons (Fsp3) is 0.111. The monoisotopic (exact) mass is 370 g/mol. The van der Waals surface area contributed by atoms with E-state index in [4.69, 9.17) is 5.73 Å². The Hall–Kier alpha value is -3.00. The van der Waals surface area contributed by atoms with E-state index in [2.05, 4.69) is 10.2 Å². The van der Waals surface area contributed by atoms with Crippen LogP contribution in [-0.2, 0) is 4.79 Å². The van der Waals surface area contributed by atoms with Crippen LogP contribution in [0, 0.1) is 5.82 Å². The smallest absolute Gasteiger partial charge is 0.318 e. The largest absolute Gasteiger partial charge is 0.351 e. The maximum Gasteiger partial charge on any atom is 0.318 e. The van der Waals surface area contributed by atoms with Gasteiger partial charge in [0.05, 0.1) is 0 Å². The second kappa shape index (κ2) is 7.92. The molecule has 0 aliphatic heterocycles. The minimum absolute atomic E-state index is 0.128. The predicted molar refractivity (Wildman–Crippen MR) is 98.0 cm³/mol. The Bertz CT molecular complexity index is 963. The van der Waals surface area contributed by atoms with Crippen molar-refractivity contribution >= 4 is 34.5 Å². The number of thioether (sulfide) groups is 1. The third kappa shape index (κ3) is 4.15. The number of primary amides is 1. The van der Waals surface area contributed by atoms with Crippen LogP contribution in [0.15, 0.2) is 53.6 Å². The van der Waals surface area contributed by atoms with Crippen LogP contribution in [0.4, 0.5) is 9.18 Å². The van der Waals surface area contributed by atoms with Crippen molar-refractivity contribution in [3.63, 3.8) is 0 Å². The van der Waals surface area contributed by atoms with Gasteiger partial charge in [0.15, 0.2) is 0 Å². The number of imide groups is 1. The molecule has 0 bridgehead atoms. The lowest BCUT2D eigenvalue weighted by Crippen LogP contribution is -2.35. The molecule has 0 radical (unpaired) electrons. The zero-order valence-electron chi connectivity index (χ0n) is 13.6. The van der Waals surface area contributed by atoms with E-state index in [-0.39, 0.29) is 12.2 Å². The molecule has 3 amide bonds. The molecule has 0 saturated carbocycles. The van der Waals surface area contributed by atoms with Crippen LogP contribution in [0.5, 0.6) is 0 Å². The van der Waals surface area contributed by atoms with Crippen molar-refractivity contribution in [3.8, 4) is 11.3 Å². The molecule has 3 aromatic rings. The number of hydrogen-bond donors (Lipinski definition) is 2. The van der Waals surface area contributed by atoms with Gasteiger partial charge in [-0.3, -0.25) is 10.1 Å². The zero-order chi connectivity index (χ0) is 18.5. The van der Waals surface area contributed by atoms with Crippen LogP contribution in [0.25, 0.3) is 22.0 Å². The highest BCUT2D eigenvalue weighted by atomic mass is 32.2. The molecule has 2 aromatic carbocycles. The number of amides is 3. The van der Waals surface area contributed by atoms with Crippen molar-refractivity contribution in [2.45, 2.75) is 11.4 Å². The van der Waals surface area contributed by atoms with Gasteiger partial charge in [-0.2, -0.15) is 0 Å². The molecule has 0 saturated heterocycles. The van der Waals surface area contributed by atoms with Crippen LogP contribution in [0.1, 0.15) is 6.42 Å². The number of rotatable bonds is 5. The Morgan fingerprint density at radius 2 is 1.73 bits per heavy atom. The number of nitrogens with one attached hydrogen (secondary N) is 1. The molecule has 1 aromatic heterocycles. The third-order valence-corrected chi connectivity index (χ3v) is 4.58. The van der Waals surface area contributed by atoms with E-state index in [0.29, 0.717) is 16.5 Å². The number of benzene rings is 2. The van der Waals surface area contributed by atoms with Gasteiger partial charge in [0, 0.05) is 28.5 Å². The number of urea groups is 1. The summed E-state index contributed by atoms with van der Waals surface area (Å²) in [5.41, 5.74) is 6.34. The van der Waals surface area contributed by atoms with Gasteiger partial charge in [0.1, 0.15) is 16.5 Å². The Morgan fingerprint density at radius 3 is 2.42 bits per heavy atom. The van der Waals surface area contributed by atoms with E-state index < -0.39 is 11.9 Å². The van der Waals surface area contributed by atoms with Crippen molar-refractivity contribution in [3.05, 3.63) is 54.3 Å². The van der Waals surface area contributed by atoms with Crippen LogP contribution in [0.2, 0.25) is 0 Å². The van der Waals surface area contributed by atoms with Crippen molar-refractivity contribution in [1.82, 2.24) is 15.5 Å². The predicted octanol–water partition coefficient (Wildman–Crippen LogP) is 3.11. The minimum atomic E-state index is -0.867. The van der Waals surface area contributed by atoms with E-state index in [1.807, 2.05) is 29.6 Å². The van der Waals surface area contributed by atoms with Crippen LogP contribution in [0.3, 0.4) is 0 Å². The van der Waals surface area contributed by atoms with Crippen molar-refractivity contribution in [1.29, 1.82) is 0 Å². The summed E-state index contributed by atoms with van der Waals surface area (Å²) in [4.78, 5) is 22.1. The standard InChI is InChI=1S/C18H15FN4O2S/c19-12-7-5-11(6-8-12)16-13-3-1-2-4-14(13)17(23-22-16)26-10-9-15(24)21-18(20)25/h1-8H,9-10H2,(H3,20,21,24,25). The number of aromatic nitrogens is 2. The second-order valence-corrected chi connectivity index (χ2v) is 6.50. The molecule has 0 aliphatic carbocycles. The maximum absolute atomic E-state index is 13.2. The number of carbonyl (C=O) groups is 2. The first kappa shape index (κ1) is 17.8. The third-order valence-electron chi connectivity index (χ3n) is 3.60. The molecule has 0 aliphatic rings. The summed E-state index contributed by atoms with van der Waals surface area (Å²) >= 11 is 1.37. The lowest BCUT2D eigenvalue weighted by molar-refractivity contribution is -0.119. The normalized spacial score (nSPS) is 10.7. The van der Waals surface area contributed by atoms with Crippen molar-refractivity contribution in [2.24, 2.45) is 5.73 Å². The SMILES string of the molecule is NC(=O)NC(=O)CCSc1nnc(-c2ccc(F)cc2)c2ccccc12. The highest BCUT2D eigenvalue weighted by Gasteiger charge is 2.12. The lowest BCUT2D eigenvalue weighted by atomic mass is 10.1. The summed E-state index contributed by atoms with van der Waals surface area (Å²) in [5, 5.41) is 13.0. The Balaban J connectivity index is 1.85. The number of halogens is 1. The highest BCUT2D eigenvalue weighted by Crippen LogP contribution is 2.31. The molecule has 26 heavy (non-hydrogen) atoms. The average molecular weight is 370 g/mol. The average Bonchev–Trinajstić information content (AvgIpc) is 2.62. The molecule has 0 atom stereocenters. The molecule has 0 fully saturated rings. The molecular weight excluding hydrogens is 355 g/mol. The van der Waals surface area contributed by atoms with Crippen molar-refractivity contribution in [2.75, 3.05) is 5.75 Å².